The number of aryl methyl sites for hydroxylation is 1. The standard InChI is InChI=1S/C10H8F3/c1-3-8-6-9(10(11,12)13)5-4-7(8)2/h4-6H,1H2,2H3. The maximum Gasteiger partial charge on any atom is 0.416 e. The average molecular weight is 185 g/mol. The van der Waals surface area contributed by atoms with Gasteiger partial charge in [0.25, 0.3) is 0 Å². The summed E-state index contributed by atoms with van der Waals surface area (Å²) < 4.78 is 36.6. The highest BCUT2D eigenvalue weighted by Crippen LogP contribution is 2.30. The van der Waals surface area contributed by atoms with Crippen LogP contribution in [0.25, 0.3) is 0 Å². The summed E-state index contributed by atoms with van der Waals surface area (Å²) in [7, 11) is 0. The maximum absolute atomic E-state index is 12.2. The van der Waals surface area contributed by atoms with E-state index in [4.69, 9.17) is 0 Å². The highest BCUT2D eigenvalue weighted by molar-refractivity contribution is 5.35. The molecule has 1 aromatic carbocycles. The first-order chi connectivity index (χ1) is 5.95. The molecule has 0 fully saturated rings. The van der Waals surface area contributed by atoms with Crippen molar-refractivity contribution in [3.8, 4) is 0 Å². The average Bonchev–Trinajstić information content (AvgIpc) is 2.03. The van der Waals surface area contributed by atoms with E-state index in [0.29, 0.717) is 5.56 Å². The van der Waals surface area contributed by atoms with Crippen molar-refractivity contribution in [2.24, 2.45) is 0 Å². The minimum Gasteiger partial charge on any atom is -0.166 e. The molecule has 0 saturated heterocycles. The summed E-state index contributed by atoms with van der Waals surface area (Å²) in [4.78, 5) is 0. The molecule has 0 amide bonds. The van der Waals surface area contributed by atoms with Crippen LogP contribution in [-0.4, -0.2) is 0 Å². The van der Waals surface area contributed by atoms with E-state index < -0.39 is 11.7 Å². The van der Waals surface area contributed by atoms with Crippen LogP contribution in [0.15, 0.2) is 24.8 Å². The van der Waals surface area contributed by atoms with Gasteiger partial charge in [-0.1, -0.05) is 12.6 Å². The van der Waals surface area contributed by atoms with E-state index in [1.165, 1.54) is 6.07 Å². The maximum atomic E-state index is 12.2. The van der Waals surface area contributed by atoms with Gasteiger partial charge < -0.3 is 0 Å². The van der Waals surface area contributed by atoms with Gasteiger partial charge in [0.15, 0.2) is 0 Å². The van der Waals surface area contributed by atoms with E-state index in [1.54, 1.807) is 6.92 Å². The van der Waals surface area contributed by atoms with Crippen LogP contribution in [0, 0.1) is 13.0 Å². The van der Waals surface area contributed by atoms with Gasteiger partial charge in [-0.2, -0.15) is 13.2 Å². The molecule has 1 radical (unpaired) electrons. The largest absolute Gasteiger partial charge is 0.416 e. The molecule has 13 heavy (non-hydrogen) atoms. The van der Waals surface area contributed by atoms with Gasteiger partial charge in [-0.25, -0.2) is 0 Å². The number of alkyl halides is 3. The van der Waals surface area contributed by atoms with Crippen molar-refractivity contribution in [1.29, 1.82) is 0 Å². The van der Waals surface area contributed by atoms with Crippen LogP contribution in [0.3, 0.4) is 0 Å². The van der Waals surface area contributed by atoms with Gasteiger partial charge in [0.1, 0.15) is 0 Å². The Morgan fingerprint density at radius 1 is 1.31 bits per heavy atom. The quantitative estimate of drug-likeness (QED) is 0.629. The van der Waals surface area contributed by atoms with Crippen LogP contribution in [0.2, 0.25) is 0 Å². The summed E-state index contributed by atoms with van der Waals surface area (Å²) >= 11 is 0. The zero-order valence-corrected chi connectivity index (χ0v) is 7.07. The summed E-state index contributed by atoms with van der Waals surface area (Å²) in [5.41, 5.74) is 0.474. The Morgan fingerprint density at radius 2 is 1.92 bits per heavy atom. The topological polar surface area (TPSA) is 0 Å². The van der Waals surface area contributed by atoms with Gasteiger partial charge in [0.05, 0.1) is 5.56 Å². The van der Waals surface area contributed by atoms with E-state index in [1.807, 2.05) is 0 Å². The second-order valence-electron chi connectivity index (χ2n) is 2.70. The fraction of sp³-hybridized carbons (Fsp3) is 0.200. The van der Waals surface area contributed by atoms with Crippen LogP contribution in [0.4, 0.5) is 13.2 Å². The molecule has 0 N–H and O–H groups in total. The molecule has 0 bridgehead atoms. The zero-order chi connectivity index (χ0) is 10.1. The van der Waals surface area contributed by atoms with Gasteiger partial charge in [-0.15, -0.1) is 0 Å². The number of halogens is 3. The highest BCUT2D eigenvalue weighted by atomic mass is 19.4. The summed E-state index contributed by atoms with van der Waals surface area (Å²) in [6, 6.07) is 3.51. The molecule has 0 heterocycles. The van der Waals surface area contributed by atoms with Crippen LogP contribution in [-0.2, 0) is 6.18 Å². The Balaban J connectivity index is 3.21. The Labute approximate surface area is 74.7 Å². The number of hydrogen-bond donors (Lipinski definition) is 0. The Kier molecular flexibility index (Phi) is 2.45. The molecule has 0 aromatic heterocycles. The molecule has 0 spiro atoms. The Hall–Kier alpha value is -1.25. The van der Waals surface area contributed by atoms with Gasteiger partial charge >= 0.3 is 6.18 Å². The lowest BCUT2D eigenvalue weighted by molar-refractivity contribution is -0.137. The molecule has 1 aromatic rings. The second kappa shape index (κ2) is 3.24. The smallest absolute Gasteiger partial charge is 0.166 e. The summed E-state index contributed by atoms with van der Waals surface area (Å²) in [5, 5.41) is 0. The minimum absolute atomic E-state index is 0.398. The van der Waals surface area contributed by atoms with Crippen molar-refractivity contribution in [3.63, 3.8) is 0 Å². The number of rotatable bonds is 1. The third kappa shape index (κ3) is 2.11. The van der Waals surface area contributed by atoms with Gasteiger partial charge in [-0.05, 0) is 36.3 Å². The first-order valence-corrected chi connectivity index (χ1v) is 3.66. The fourth-order valence-corrected chi connectivity index (χ4v) is 0.989. The Bertz CT molecular complexity index is 323. The SMILES string of the molecule is C=[C]c1cc(C(F)(F)F)ccc1C. The molecule has 69 valence electrons. The fourth-order valence-electron chi connectivity index (χ4n) is 0.989. The van der Waals surface area contributed by atoms with Crippen LogP contribution in [0.5, 0.6) is 0 Å². The summed E-state index contributed by atoms with van der Waals surface area (Å²) in [5.74, 6) is 0. The molecule has 1 rings (SSSR count). The van der Waals surface area contributed by atoms with Crippen molar-refractivity contribution in [2.45, 2.75) is 13.1 Å². The first-order valence-electron chi connectivity index (χ1n) is 3.66. The summed E-state index contributed by atoms with van der Waals surface area (Å²) in [6.07, 6.45) is -1.83. The van der Waals surface area contributed by atoms with Crippen molar-refractivity contribution >= 4 is 0 Å². The molecule has 0 aliphatic rings. The lowest BCUT2D eigenvalue weighted by Crippen LogP contribution is -2.05. The third-order valence-corrected chi connectivity index (χ3v) is 1.76. The predicted molar refractivity (Wildman–Crippen MR) is 44.2 cm³/mol. The molecular formula is C10H8F3. The summed E-state index contributed by atoms with van der Waals surface area (Å²) in [6.45, 7) is 5.04. The normalized spacial score (nSPS) is 11.4. The van der Waals surface area contributed by atoms with Crippen LogP contribution < -0.4 is 0 Å². The number of benzene rings is 1. The second-order valence-corrected chi connectivity index (χ2v) is 2.70. The van der Waals surface area contributed by atoms with E-state index in [2.05, 4.69) is 12.7 Å². The molecular weight excluding hydrogens is 177 g/mol. The first kappa shape index (κ1) is 9.84. The monoisotopic (exact) mass is 185 g/mol. The van der Waals surface area contributed by atoms with Crippen LogP contribution in [0.1, 0.15) is 16.7 Å². The lowest BCUT2D eigenvalue weighted by Gasteiger charge is -2.08. The number of hydrogen-bond acceptors (Lipinski definition) is 0. The molecule has 0 saturated carbocycles. The van der Waals surface area contributed by atoms with Crippen molar-refractivity contribution < 1.29 is 13.2 Å². The van der Waals surface area contributed by atoms with Gasteiger partial charge in [0, 0.05) is 0 Å². The van der Waals surface area contributed by atoms with E-state index in [-0.39, 0.29) is 0 Å². The molecule has 0 nitrogen and oxygen atoms in total. The lowest BCUT2D eigenvalue weighted by atomic mass is 10.1. The van der Waals surface area contributed by atoms with Crippen molar-refractivity contribution in [3.05, 3.63) is 47.5 Å². The molecule has 3 heteroatoms. The van der Waals surface area contributed by atoms with Crippen molar-refractivity contribution in [2.75, 3.05) is 0 Å². The zero-order valence-electron chi connectivity index (χ0n) is 7.07. The predicted octanol–water partition coefficient (Wildman–Crippen LogP) is 3.35. The highest BCUT2D eigenvalue weighted by Gasteiger charge is 2.30. The molecule has 0 atom stereocenters. The molecule has 0 unspecified atom stereocenters. The third-order valence-electron chi connectivity index (χ3n) is 1.76. The van der Waals surface area contributed by atoms with Gasteiger partial charge in [-0.3, -0.25) is 0 Å². The van der Waals surface area contributed by atoms with E-state index >= 15 is 0 Å². The molecule has 0 aliphatic heterocycles. The Morgan fingerprint density at radius 3 is 2.38 bits per heavy atom. The van der Waals surface area contributed by atoms with Crippen LogP contribution >= 0.6 is 0 Å². The van der Waals surface area contributed by atoms with Gasteiger partial charge in [0.2, 0.25) is 0 Å². The molecule has 0 aliphatic carbocycles. The van der Waals surface area contributed by atoms with E-state index in [9.17, 15) is 13.2 Å². The van der Waals surface area contributed by atoms with Crippen molar-refractivity contribution in [1.82, 2.24) is 0 Å². The minimum atomic E-state index is -4.29. The van der Waals surface area contributed by atoms with E-state index in [0.717, 1.165) is 17.7 Å².